The number of aryl methyl sites for hydroxylation is 2. The topological polar surface area (TPSA) is 70.9 Å². The van der Waals surface area contributed by atoms with Gasteiger partial charge in [0.2, 0.25) is 10.0 Å². The first kappa shape index (κ1) is 21.5. The van der Waals surface area contributed by atoms with Crippen LogP contribution in [-0.4, -0.2) is 50.9 Å². The van der Waals surface area contributed by atoms with Crippen molar-refractivity contribution >= 4 is 15.9 Å². The quantitative estimate of drug-likeness (QED) is 0.735. The van der Waals surface area contributed by atoms with Crippen molar-refractivity contribution in [2.24, 2.45) is 0 Å². The Hall–Kier alpha value is -2.22. The smallest absolute Gasteiger partial charge is 0.278 e. The predicted octanol–water partition coefficient (Wildman–Crippen LogP) is 0.898. The molecule has 0 unspecified atom stereocenters. The summed E-state index contributed by atoms with van der Waals surface area (Å²) in [7, 11) is -3.51. The normalized spacial score (nSPS) is 17.1. The van der Waals surface area contributed by atoms with Crippen LogP contribution in [0.3, 0.4) is 0 Å². The molecule has 156 valence electrons. The Kier molecular flexibility index (Phi) is 6.72. The predicted molar refractivity (Wildman–Crippen MR) is 113 cm³/mol. The van der Waals surface area contributed by atoms with Gasteiger partial charge in [-0.15, -0.1) is 0 Å². The van der Waals surface area contributed by atoms with Crippen LogP contribution >= 0.6 is 0 Å². The lowest BCUT2D eigenvalue weighted by Gasteiger charge is -2.34. The van der Waals surface area contributed by atoms with Gasteiger partial charge in [0.25, 0.3) is 5.91 Å². The summed E-state index contributed by atoms with van der Waals surface area (Å²) >= 11 is 0. The molecule has 2 aromatic rings. The number of benzene rings is 2. The zero-order valence-corrected chi connectivity index (χ0v) is 18.1. The van der Waals surface area contributed by atoms with E-state index in [9.17, 15) is 13.2 Å². The highest BCUT2D eigenvalue weighted by Crippen LogP contribution is 2.21. The molecule has 6 nitrogen and oxygen atoms in total. The third-order valence-electron chi connectivity index (χ3n) is 5.64. The maximum absolute atomic E-state index is 13.1. The summed E-state index contributed by atoms with van der Waals surface area (Å²) in [6.07, 6.45) is 0. The second-order valence-electron chi connectivity index (χ2n) is 7.76. The van der Waals surface area contributed by atoms with E-state index in [4.69, 9.17) is 0 Å². The van der Waals surface area contributed by atoms with E-state index < -0.39 is 10.0 Å². The number of rotatable bonds is 6. The van der Waals surface area contributed by atoms with Gasteiger partial charge >= 0.3 is 0 Å². The maximum atomic E-state index is 13.1. The molecule has 0 bridgehead atoms. The molecule has 0 saturated carbocycles. The van der Waals surface area contributed by atoms with Gasteiger partial charge in [-0.05, 0) is 43.5 Å². The highest BCUT2D eigenvalue weighted by molar-refractivity contribution is 7.89. The van der Waals surface area contributed by atoms with E-state index >= 15 is 0 Å². The van der Waals surface area contributed by atoms with Crippen LogP contribution in [0, 0.1) is 13.8 Å². The Labute approximate surface area is 173 Å². The van der Waals surface area contributed by atoms with Crippen LogP contribution in [0.15, 0.2) is 53.4 Å². The summed E-state index contributed by atoms with van der Waals surface area (Å²) in [6, 6.07) is 15.1. The summed E-state index contributed by atoms with van der Waals surface area (Å²) in [6.45, 7) is 8.20. The van der Waals surface area contributed by atoms with Gasteiger partial charge in [-0.2, -0.15) is 4.31 Å². The first-order valence-corrected chi connectivity index (χ1v) is 11.5. The van der Waals surface area contributed by atoms with Gasteiger partial charge in [0.15, 0.2) is 6.04 Å². The lowest BCUT2D eigenvalue weighted by Crippen LogP contribution is -3.19. The molecule has 1 saturated heterocycles. The van der Waals surface area contributed by atoms with E-state index in [0.717, 1.165) is 21.6 Å². The van der Waals surface area contributed by atoms with E-state index in [1.807, 2.05) is 63.2 Å². The Bertz CT molecular complexity index is 953. The minimum absolute atomic E-state index is 0.00492. The Morgan fingerprint density at radius 2 is 1.76 bits per heavy atom. The second kappa shape index (κ2) is 9.07. The zero-order valence-electron chi connectivity index (χ0n) is 17.3. The highest BCUT2D eigenvalue weighted by atomic mass is 32.2. The molecule has 1 amide bonds. The molecule has 1 atom stereocenters. The van der Waals surface area contributed by atoms with E-state index in [0.29, 0.717) is 37.6 Å². The summed E-state index contributed by atoms with van der Waals surface area (Å²) in [5.74, 6) is -0.00492. The van der Waals surface area contributed by atoms with Gasteiger partial charge in [-0.3, -0.25) is 4.79 Å². The van der Waals surface area contributed by atoms with Gasteiger partial charge in [-0.1, -0.05) is 42.5 Å². The maximum Gasteiger partial charge on any atom is 0.278 e. The molecule has 7 heteroatoms. The molecule has 3 rings (SSSR count). The fourth-order valence-electron chi connectivity index (χ4n) is 3.69. The third-order valence-corrected chi connectivity index (χ3v) is 7.68. The molecule has 0 aromatic heterocycles. The van der Waals surface area contributed by atoms with Crippen LogP contribution in [0.2, 0.25) is 0 Å². The van der Waals surface area contributed by atoms with Crippen LogP contribution in [0.1, 0.15) is 23.6 Å². The molecule has 0 radical (unpaired) electrons. The van der Waals surface area contributed by atoms with Crippen LogP contribution < -0.4 is 10.2 Å². The lowest BCUT2D eigenvalue weighted by atomic mass is 10.2. The average molecular weight is 417 g/mol. The number of carbonyl (C=O) groups excluding carboxylic acids is 1. The van der Waals surface area contributed by atoms with Gasteiger partial charge in [0, 0.05) is 6.54 Å². The van der Waals surface area contributed by atoms with E-state index in [-0.39, 0.29) is 11.9 Å². The molecule has 1 fully saturated rings. The van der Waals surface area contributed by atoms with E-state index in [1.165, 1.54) is 0 Å². The molecule has 0 spiro atoms. The Balaban J connectivity index is 1.58. The van der Waals surface area contributed by atoms with Gasteiger partial charge < -0.3 is 10.2 Å². The number of hydrogen-bond acceptors (Lipinski definition) is 3. The molecule has 1 aliphatic heterocycles. The molecule has 0 aliphatic carbocycles. The standard InChI is InChI=1S/C22H29N3O3S/c1-17-9-10-18(2)21(15-17)29(27,28)25-13-11-24(12-14-25)19(3)22(26)23-16-20-7-5-4-6-8-20/h4-10,15,19H,11-14,16H2,1-3H3,(H,23,26)/p+1/t19-/m0/s1. The molecule has 2 N–H and O–H groups in total. The summed E-state index contributed by atoms with van der Waals surface area (Å²) in [5, 5.41) is 2.99. The molecular weight excluding hydrogens is 386 g/mol. The van der Waals surface area contributed by atoms with Crippen molar-refractivity contribution in [1.82, 2.24) is 9.62 Å². The average Bonchev–Trinajstić information content (AvgIpc) is 2.74. The van der Waals surface area contributed by atoms with Crippen molar-refractivity contribution in [3.63, 3.8) is 0 Å². The van der Waals surface area contributed by atoms with Crippen LogP contribution in [0.5, 0.6) is 0 Å². The van der Waals surface area contributed by atoms with Gasteiger partial charge in [-0.25, -0.2) is 8.42 Å². The van der Waals surface area contributed by atoms with Crippen molar-refractivity contribution in [3.05, 3.63) is 65.2 Å². The fraction of sp³-hybridized carbons (Fsp3) is 0.409. The largest absolute Gasteiger partial charge is 0.347 e. The van der Waals surface area contributed by atoms with Crippen molar-refractivity contribution in [1.29, 1.82) is 0 Å². The lowest BCUT2D eigenvalue weighted by molar-refractivity contribution is -0.917. The summed E-state index contributed by atoms with van der Waals surface area (Å²) < 4.78 is 27.7. The SMILES string of the molecule is Cc1ccc(C)c(S(=O)(=O)N2CC[NH+]([C@@H](C)C(=O)NCc3ccccc3)CC2)c1. The van der Waals surface area contributed by atoms with Crippen molar-refractivity contribution < 1.29 is 18.1 Å². The van der Waals surface area contributed by atoms with Crippen molar-refractivity contribution in [2.75, 3.05) is 26.2 Å². The second-order valence-corrected chi connectivity index (χ2v) is 9.66. The number of nitrogens with zero attached hydrogens (tertiary/aromatic N) is 1. The summed E-state index contributed by atoms with van der Waals surface area (Å²) in [4.78, 5) is 14.0. The summed E-state index contributed by atoms with van der Waals surface area (Å²) in [5.41, 5.74) is 2.76. The molecular formula is C22H30N3O3S+. The minimum Gasteiger partial charge on any atom is -0.347 e. The molecule has 2 aromatic carbocycles. The number of sulfonamides is 1. The van der Waals surface area contributed by atoms with Crippen LogP contribution in [0.4, 0.5) is 0 Å². The Morgan fingerprint density at radius 1 is 1.10 bits per heavy atom. The van der Waals surface area contributed by atoms with E-state index in [1.54, 1.807) is 10.4 Å². The fourth-order valence-corrected chi connectivity index (χ4v) is 5.45. The van der Waals surface area contributed by atoms with Crippen molar-refractivity contribution in [3.8, 4) is 0 Å². The monoisotopic (exact) mass is 416 g/mol. The molecule has 29 heavy (non-hydrogen) atoms. The van der Waals surface area contributed by atoms with Crippen molar-refractivity contribution in [2.45, 2.75) is 38.3 Å². The third kappa shape index (κ3) is 5.04. The number of quaternary nitrogens is 1. The number of carbonyl (C=O) groups is 1. The van der Waals surface area contributed by atoms with Crippen LogP contribution in [0.25, 0.3) is 0 Å². The molecule has 1 heterocycles. The highest BCUT2D eigenvalue weighted by Gasteiger charge is 2.34. The number of amides is 1. The van der Waals surface area contributed by atoms with Gasteiger partial charge in [0.05, 0.1) is 31.1 Å². The molecule has 1 aliphatic rings. The zero-order chi connectivity index (χ0) is 21.0. The van der Waals surface area contributed by atoms with E-state index in [2.05, 4.69) is 5.32 Å². The minimum atomic E-state index is -3.51. The number of piperazine rings is 1. The Morgan fingerprint density at radius 3 is 2.41 bits per heavy atom. The first-order valence-electron chi connectivity index (χ1n) is 10.0. The van der Waals surface area contributed by atoms with Gasteiger partial charge in [0.1, 0.15) is 0 Å². The van der Waals surface area contributed by atoms with Crippen LogP contribution in [-0.2, 0) is 21.4 Å². The number of nitrogens with one attached hydrogen (secondary N) is 2. The number of hydrogen-bond donors (Lipinski definition) is 2. The first-order chi connectivity index (χ1) is 13.8.